The Kier molecular flexibility index (Phi) is 5.13. The van der Waals surface area contributed by atoms with Crippen molar-refractivity contribution in [3.63, 3.8) is 0 Å². The van der Waals surface area contributed by atoms with Gasteiger partial charge in [0, 0.05) is 23.6 Å². The van der Waals surface area contributed by atoms with Gasteiger partial charge in [-0.25, -0.2) is 4.79 Å². The van der Waals surface area contributed by atoms with Crippen LogP contribution in [0.15, 0.2) is 28.7 Å². The van der Waals surface area contributed by atoms with E-state index in [4.69, 9.17) is 4.74 Å². The Morgan fingerprint density at radius 3 is 2.42 bits per heavy atom. The van der Waals surface area contributed by atoms with Crippen molar-refractivity contribution in [1.29, 1.82) is 0 Å². The van der Waals surface area contributed by atoms with Gasteiger partial charge in [0.25, 0.3) is 0 Å². The lowest BCUT2D eigenvalue weighted by Crippen LogP contribution is -2.49. The summed E-state index contributed by atoms with van der Waals surface area (Å²) in [7, 11) is 0. The molecule has 5 nitrogen and oxygen atoms in total. The van der Waals surface area contributed by atoms with Crippen LogP contribution in [0.4, 0.5) is 4.79 Å². The van der Waals surface area contributed by atoms with Gasteiger partial charge in [-0.15, -0.1) is 0 Å². The van der Waals surface area contributed by atoms with E-state index in [-0.39, 0.29) is 23.5 Å². The number of carbonyl (C=O) groups is 2. The Morgan fingerprint density at radius 2 is 1.88 bits per heavy atom. The summed E-state index contributed by atoms with van der Waals surface area (Å²) in [5.74, 6) is 0.124. The number of nitrogens with zero attached hydrogens (tertiary/aromatic N) is 1. The van der Waals surface area contributed by atoms with Crippen LogP contribution in [0, 0.1) is 0 Å². The topological polar surface area (TPSA) is 58.6 Å². The number of hydrogen-bond acceptors (Lipinski definition) is 3. The second-order valence-corrected chi connectivity index (χ2v) is 7.44. The van der Waals surface area contributed by atoms with E-state index in [0.29, 0.717) is 19.7 Å². The van der Waals surface area contributed by atoms with Gasteiger partial charge in [0.2, 0.25) is 5.91 Å². The lowest BCUT2D eigenvalue weighted by Gasteiger charge is -2.32. The zero-order valence-corrected chi connectivity index (χ0v) is 15.5. The third-order valence-corrected chi connectivity index (χ3v) is 5.47. The van der Waals surface area contributed by atoms with E-state index < -0.39 is 0 Å². The molecule has 2 fully saturated rings. The van der Waals surface area contributed by atoms with E-state index in [2.05, 4.69) is 21.2 Å². The number of amides is 2. The third-order valence-electron chi connectivity index (χ3n) is 4.94. The molecule has 2 aliphatic rings. The number of halogens is 1. The van der Waals surface area contributed by atoms with Gasteiger partial charge in [0.15, 0.2) is 0 Å². The summed E-state index contributed by atoms with van der Waals surface area (Å²) in [4.78, 5) is 26.2. The summed E-state index contributed by atoms with van der Waals surface area (Å²) in [5.41, 5.74) is 0.742. The van der Waals surface area contributed by atoms with Crippen LogP contribution < -0.4 is 5.32 Å². The maximum absolute atomic E-state index is 12.8. The molecule has 0 aromatic heterocycles. The summed E-state index contributed by atoms with van der Waals surface area (Å²) < 4.78 is 6.05. The van der Waals surface area contributed by atoms with E-state index in [1.54, 1.807) is 4.90 Å². The minimum absolute atomic E-state index is 0.124. The van der Waals surface area contributed by atoms with Crippen LogP contribution in [0.1, 0.15) is 38.2 Å². The molecule has 3 rings (SSSR count). The Labute approximate surface area is 150 Å². The summed E-state index contributed by atoms with van der Waals surface area (Å²) in [6, 6.07) is 8.16. The Balaban J connectivity index is 1.55. The molecule has 0 bridgehead atoms. The van der Waals surface area contributed by atoms with E-state index in [1.165, 1.54) is 0 Å². The molecule has 24 heavy (non-hydrogen) atoms. The molecule has 1 aliphatic heterocycles. The number of piperidine rings is 1. The minimum atomic E-state index is -0.348. The van der Waals surface area contributed by atoms with Crippen LogP contribution in [0.2, 0.25) is 0 Å². The predicted molar refractivity (Wildman–Crippen MR) is 94.8 cm³/mol. The highest BCUT2D eigenvalue weighted by Gasteiger charge is 2.51. The van der Waals surface area contributed by atoms with Crippen molar-refractivity contribution in [2.24, 2.45) is 0 Å². The van der Waals surface area contributed by atoms with Crippen LogP contribution >= 0.6 is 15.9 Å². The quantitative estimate of drug-likeness (QED) is 0.852. The van der Waals surface area contributed by atoms with Gasteiger partial charge in [-0.1, -0.05) is 28.1 Å². The molecule has 1 aromatic carbocycles. The zero-order valence-electron chi connectivity index (χ0n) is 13.9. The van der Waals surface area contributed by atoms with Crippen LogP contribution in [0.3, 0.4) is 0 Å². The van der Waals surface area contributed by atoms with Crippen LogP contribution in [-0.4, -0.2) is 42.6 Å². The van der Waals surface area contributed by atoms with Gasteiger partial charge in [-0.2, -0.15) is 0 Å². The van der Waals surface area contributed by atoms with Gasteiger partial charge in [-0.05, 0) is 50.3 Å². The molecule has 0 atom stereocenters. The maximum atomic E-state index is 12.8. The average Bonchev–Trinajstić information content (AvgIpc) is 3.38. The van der Waals surface area contributed by atoms with Crippen LogP contribution in [0.5, 0.6) is 0 Å². The predicted octanol–water partition coefficient (Wildman–Crippen LogP) is 3.22. The number of ether oxygens (including phenoxy) is 1. The SMILES string of the molecule is CCOC(=O)N1CCC(NC(=O)C2(c3ccc(Br)cc3)CC2)CC1. The van der Waals surface area contributed by atoms with Crippen molar-refractivity contribution >= 4 is 27.9 Å². The number of hydrogen-bond donors (Lipinski definition) is 1. The Hall–Kier alpha value is -1.56. The molecule has 1 saturated heterocycles. The van der Waals surface area contributed by atoms with Crippen molar-refractivity contribution in [2.75, 3.05) is 19.7 Å². The monoisotopic (exact) mass is 394 g/mol. The van der Waals surface area contributed by atoms with Crippen molar-refractivity contribution in [1.82, 2.24) is 10.2 Å². The molecular formula is C18H23BrN2O3. The third kappa shape index (κ3) is 3.58. The highest BCUT2D eigenvalue weighted by atomic mass is 79.9. The first-order valence-electron chi connectivity index (χ1n) is 8.54. The molecule has 1 aliphatic carbocycles. The van der Waals surface area contributed by atoms with Gasteiger partial charge in [-0.3, -0.25) is 4.79 Å². The van der Waals surface area contributed by atoms with Crippen molar-refractivity contribution in [3.05, 3.63) is 34.3 Å². The normalized spacial score (nSPS) is 19.7. The molecule has 2 amide bonds. The van der Waals surface area contributed by atoms with E-state index in [1.807, 2.05) is 31.2 Å². The fourth-order valence-corrected chi connectivity index (χ4v) is 3.55. The summed E-state index contributed by atoms with van der Waals surface area (Å²) in [6.07, 6.45) is 3.11. The van der Waals surface area contributed by atoms with Gasteiger partial charge < -0.3 is 15.0 Å². The van der Waals surface area contributed by atoms with Crippen molar-refractivity contribution in [2.45, 2.75) is 44.1 Å². The molecule has 6 heteroatoms. The van der Waals surface area contributed by atoms with Gasteiger partial charge in [0.05, 0.1) is 12.0 Å². The number of carbonyl (C=O) groups excluding carboxylic acids is 2. The van der Waals surface area contributed by atoms with Crippen LogP contribution in [0.25, 0.3) is 0 Å². The summed E-state index contributed by atoms with van der Waals surface area (Å²) in [6.45, 7) is 3.47. The summed E-state index contributed by atoms with van der Waals surface area (Å²) >= 11 is 3.43. The summed E-state index contributed by atoms with van der Waals surface area (Å²) in [5, 5.41) is 3.20. The second kappa shape index (κ2) is 7.13. The molecule has 0 radical (unpaired) electrons. The van der Waals surface area contributed by atoms with Gasteiger partial charge >= 0.3 is 6.09 Å². The number of rotatable bonds is 4. The smallest absolute Gasteiger partial charge is 0.409 e. The second-order valence-electron chi connectivity index (χ2n) is 6.52. The first kappa shape index (κ1) is 17.3. The molecule has 0 spiro atoms. The maximum Gasteiger partial charge on any atom is 0.409 e. The highest BCUT2D eigenvalue weighted by molar-refractivity contribution is 9.10. The molecule has 0 unspecified atom stereocenters. The number of nitrogens with one attached hydrogen (secondary N) is 1. The Morgan fingerprint density at radius 1 is 1.25 bits per heavy atom. The molecule has 1 aromatic rings. The standard InChI is InChI=1S/C18H23BrN2O3/c1-2-24-17(23)21-11-7-15(8-12-21)20-16(22)18(9-10-18)13-3-5-14(19)6-4-13/h3-6,15H,2,7-12H2,1H3,(H,20,22). The number of likely N-dealkylation sites (tertiary alicyclic amines) is 1. The molecule has 1 heterocycles. The van der Waals surface area contributed by atoms with Crippen LogP contribution in [-0.2, 0) is 14.9 Å². The van der Waals surface area contributed by atoms with Crippen molar-refractivity contribution < 1.29 is 14.3 Å². The van der Waals surface area contributed by atoms with E-state index in [0.717, 1.165) is 35.7 Å². The van der Waals surface area contributed by atoms with Crippen molar-refractivity contribution in [3.8, 4) is 0 Å². The van der Waals surface area contributed by atoms with Gasteiger partial charge in [0.1, 0.15) is 0 Å². The largest absolute Gasteiger partial charge is 0.450 e. The molecule has 1 N–H and O–H groups in total. The average molecular weight is 395 g/mol. The van der Waals surface area contributed by atoms with E-state index in [9.17, 15) is 9.59 Å². The fraction of sp³-hybridized carbons (Fsp3) is 0.556. The first-order chi connectivity index (χ1) is 11.5. The molecular weight excluding hydrogens is 372 g/mol. The van der Waals surface area contributed by atoms with E-state index >= 15 is 0 Å². The minimum Gasteiger partial charge on any atom is -0.450 e. The lowest BCUT2D eigenvalue weighted by molar-refractivity contribution is -0.124. The molecule has 130 valence electrons. The lowest BCUT2D eigenvalue weighted by atomic mass is 9.94. The molecule has 1 saturated carbocycles. The highest BCUT2D eigenvalue weighted by Crippen LogP contribution is 2.48. The zero-order chi connectivity index (χ0) is 17.2. The first-order valence-corrected chi connectivity index (χ1v) is 9.33. The Bertz CT molecular complexity index is 605. The fourth-order valence-electron chi connectivity index (χ4n) is 3.29. The number of benzene rings is 1.